The molecule has 0 heterocycles. The van der Waals surface area contributed by atoms with Crippen molar-refractivity contribution in [3.63, 3.8) is 0 Å². The third-order valence-electron chi connectivity index (χ3n) is 3.31. The van der Waals surface area contributed by atoms with Crippen molar-refractivity contribution in [2.45, 2.75) is 13.2 Å². The van der Waals surface area contributed by atoms with Crippen LogP contribution in [0.2, 0.25) is 0 Å². The summed E-state index contributed by atoms with van der Waals surface area (Å²) in [5.41, 5.74) is 1.92. The third kappa shape index (κ3) is 5.30. The maximum atomic E-state index is 11.8. The van der Waals surface area contributed by atoms with E-state index in [2.05, 4.69) is 5.32 Å². The Morgan fingerprint density at radius 3 is 2.52 bits per heavy atom. The zero-order valence-corrected chi connectivity index (χ0v) is 13.4. The number of amides is 1. The molecule has 0 saturated carbocycles. The summed E-state index contributed by atoms with van der Waals surface area (Å²) in [5, 5.41) is 2.81. The van der Waals surface area contributed by atoms with E-state index >= 15 is 0 Å². The second-order valence-corrected chi connectivity index (χ2v) is 4.93. The summed E-state index contributed by atoms with van der Waals surface area (Å²) in [6.07, 6.45) is 0. The highest BCUT2D eigenvalue weighted by Gasteiger charge is 2.07. The average Bonchev–Trinajstić information content (AvgIpc) is 2.60. The fourth-order valence-electron chi connectivity index (χ4n) is 2.08. The van der Waals surface area contributed by atoms with Crippen LogP contribution in [0.1, 0.15) is 11.1 Å². The van der Waals surface area contributed by atoms with E-state index in [1.54, 1.807) is 20.3 Å². The molecule has 0 aliphatic heterocycles. The predicted molar refractivity (Wildman–Crippen MR) is 87.5 cm³/mol. The van der Waals surface area contributed by atoms with Gasteiger partial charge in [-0.15, -0.1) is 0 Å². The Balaban J connectivity index is 1.78. The Bertz CT molecular complexity index is 628. The topological polar surface area (TPSA) is 56.8 Å². The summed E-state index contributed by atoms with van der Waals surface area (Å²) in [4.78, 5) is 11.8. The predicted octanol–water partition coefficient (Wildman–Crippen LogP) is 2.54. The van der Waals surface area contributed by atoms with Crippen LogP contribution in [0.15, 0.2) is 48.5 Å². The first-order chi connectivity index (χ1) is 11.2. The van der Waals surface area contributed by atoms with Crippen LogP contribution in [0.3, 0.4) is 0 Å². The van der Waals surface area contributed by atoms with Crippen molar-refractivity contribution in [1.29, 1.82) is 0 Å². The molecule has 122 valence electrons. The quantitative estimate of drug-likeness (QED) is 0.813. The molecule has 0 bridgehead atoms. The lowest BCUT2D eigenvalue weighted by atomic mass is 10.2. The lowest BCUT2D eigenvalue weighted by molar-refractivity contribution is -0.126. The minimum absolute atomic E-state index is 0.0212. The minimum Gasteiger partial charge on any atom is -0.497 e. The van der Waals surface area contributed by atoms with Gasteiger partial charge in [0, 0.05) is 18.2 Å². The van der Waals surface area contributed by atoms with Crippen molar-refractivity contribution < 1.29 is 19.0 Å². The van der Waals surface area contributed by atoms with Crippen molar-refractivity contribution in [3.05, 3.63) is 59.7 Å². The molecule has 0 saturated heterocycles. The Morgan fingerprint density at radius 2 is 1.83 bits per heavy atom. The number of hydrogen-bond acceptors (Lipinski definition) is 4. The van der Waals surface area contributed by atoms with E-state index in [1.807, 2.05) is 42.5 Å². The molecular formula is C18H21NO4. The van der Waals surface area contributed by atoms with Gasteiger partial charge in [0.15, 0.2) is 0 Å². The lowest BCUT2D eigenvalue weighted by Gasteiger charge is -2.11. The van der Waals surface area contributed by atoms with Crippen LogP contribution in [0.5, 0.6) is 11.5 Å². The largest absolute Gasteiger partial charge is 0.497 e. The number of rotatable bonds is 8. The second kappa shape index (κ2) is 8.80. The number of benzene rings is 2. The Morgan fingerprint density at radius 1 is 1.04 bits per heavy atom. The molecule has 5 nitrogen and oxygen atoms in total. The Kier molecular flexibility index (Phi) is 6.44. The van der Waals surface area contributed by atoms with Gasteiger partial charge in [-0.25, -0.2) is 0 Å². The first kappa shape index (κ1) is 16.8. The van der Waals surface area contributed by atoms with Crippen LogP contribution >= 0.6 is 0 Å². The number of nitrogens with one attached hydrogen (secondary N) is 1. The molecule has 0 fully saturated rings. The highest BCUT2D eigenvalue weighted by molar-refractivity contribution is 5.77. The van der Waals surface area contributed by atoms with Gasteiger partial charge in [0.1, 0.15) is 18.1 Å². The zero-order chi connectivity index (χ0) is 16.5. The van der Waals surface area contributed by atoms with Gasteiger partial charge in [0.25, 0.3) is 0 Å². The van der Waals surface area contributed by atoms with Gasteiger partial charge in [-0.3, -0.25) is 4.79 Å². The van der Waals surface area contributed by atoms with E-state index in [9.17, 15) is 4.79 Å². The lowest BCUT2D eigenvalue weighted by Crippen LogP contribution is -2.27. The summed E-state index contributed by atoms with van der Waals surface area (Å²) in [6.45, 7) is 0.814. The van der Waals surface area contributed by atoms with Crippen LogP contribution < -0.4 is 14.8 Å². The molecule has 0 spiro atoms. The van der Waals surface area contributed by atoms with Crippen LogP contribution in [-0.4, -0.2) is 26.7 Å². The summed E-state index contributed by atoms with van der Waals surface area (Å²) in [6, 6.07) is 15.2. The first-order valence-electron chi connectivity index (χ1n) is 7.32. The molecule has 2 aromatic carbocycles. The smallest absolute Gasteiger partial charge is 0.246 e. The van der Waals surface area contributed by atoms with Gasteiger partial charge in [-0.05, 0) is 17.7 Å². The fraction of sp³-hybridized carbons (Fsp3) is 0.278. The summed E-state index contributed by atoms with van der Waals surface area (Å²) in [5.74, 6) is 1.22. The molecule has 0 aliphatic carbocycles. The highest BCUT2D eigenvalue weighted by Crippen LogP contribution is 2.24. The van der Waals surface area contributed by atoms with Crippen molar-refractivity contribution in [2.75, 3.05) is 20.8 Å². The molecule has 0 atom stereocenters. The van der Waals surface area contributed by atoms with Crippen LogP contribution in [0.4, 0.5) is 0 Å². The molecule has 2 rings (SSSR count). The molecule has 0 radical (unpaired) electrons. The number of ether oxygens (including phenoxy) is 3. The molecule has 0 aromatic heterocycles. The van der Waals surface area contributed by atoms with E-state index in [0.29, 0.717) is 24.7 Å². The Hall–Kier alpha value is -2.53. The van der Waals surface area contributed by atoms with Gasteiger partial charge >= 0.3 is 0 Å². The van der Waals surface area contributed by atoms with Crippen molar-refractivity contribution in [1.82, 2.24) is 5.32 Å². The maximum absolute atomic E-state index is 11.8. The SMILES string of the molecule is COc1ccc(CNC(=O)COCc2ccccc2)c(OC)c1. The minimum atomic E-state index is -0.168. The number of hydrogen-bond donors (Lipinski definition) is 1. The van der Waals surface area contributed by atoms with Gasteiger partial charge in [0.2, 0.25) is 5.91 Å². The molecular weight excluding hydrogens is 294 g/mol. The molecule has 2 aromatic rings. The normalized spacial score (nSPS) is 10.2. The first-order valence-corrected chi connectivity index (χ1v) is 7.32. The molecule has 0 unspecified atom stereocenters. The van der Waals surface area contributed by atoms with E-state index in [-0.39, 0.29) is 12.5 Å². The van der Waals surface area contributed by atoms with Crippen LogP contribution in [0.25, 0.3) is 0 Å². The van der Waals surface area contributed by atoms with Crippen LogP contribution in [0, 0.1) is 0 Å². The molecule has 23 heavy (non-hydrogen) atoms. The van der Waals surface area contributed by atoms with Gasteiger partial charge in [0.05, 0.1) is 20.8 Å². The molecule has 0 aliphatic rings. The van der Waals surface area contributed by atoms with Gasteiger partial charge < -0.3 is 19.5 Å². The van der Waals surface area contributed by atoms with Gasteiger partial charge in [-0.2, -0.15) is 0 Å². The monoisotopic (exact) mass is 315 g/mol. The summed E-state index contributed by atoms with van der Waals surface area (Å²) >= 11 is 0. The maximum Gasteiger partial charge on any atom is 0.246 e. The molecule has 1 N–H and O–H groups in total. The summed E-state index contributed by atoms with van der Waals surface area (Å²) < 4.78 is 15.8. The van der Waals surface area contributed by atoms with E-state index in [4.69, 9.17) is 14.2 Å². The second-order valence-electron chi connectivity index (χ2n) is 4.93. The Labute approximate surface area is 136 Å². The zero-order valence-electron chi connectivity index (χ0n) is 13.4. The van der Waals surface area contributed by atoms with Crippen LogP contribution in [-0.2, 0) is 22.7 Å². The van der Waals surface area contributed by atoms with Crippen molar-refractivity contribution in [3.8, 4) is 11.5 Å². The molecule has 1 amide bonds. The third-order valence-corrected chi connectivity index (χ3v) is 3.31. The van der Waals surface area contributed by atoms with Crippen molar-refractivity contribution >= 4 is 5.91 Å². The molecule has 5 heteroatoms. The number of methoxy groups -OCH3 is 2. The van der Waals surface area contributed by atoms with E-state index in [0.717, 1.165) is 11.1 Å². The summed E-state index contributed by atoms with van der Waals surface area (Å²) in [7, 11) is 3.18. The highest BCUT2D eigenvalue weighted by atomic mass is 16.5. The van der Waals surface area contributed by atoms with Gasteiger partial charge in [-0.1, -0.05) is 30.3 Å². The average molecular weight is 315 g/mol. The fourth-order valence-corrected chi connectivity index (χ4v) is 2.08. The van der Waals surface area contributed by atoms with E-state index < -0.39 is 0 Å². The van der Waals surface area contributed by atoms with Crippen molar-refractivity contribution in [2.24, 2.45) is 0 Å². The number of carbonyl (C=O) groups excluding carboxylic acids is 1. The van der Waals surface area contributed by atoms with E-state index in [1.165, 1.54) is 0 Å². The number of carbonyl (C=O) groups is 1. The standard InChI is InChI=1S/C18H21NO4/c1-21-16-9-8-15(17(10-16)22-2)11-19-18(20)13-23-12-14-6-4-3-5-7-14/h3-10H,11-13H2,1-2H3,(H,19,20).